The minimum atomic E-state index is -0.722. The van der Waals surface area contributed by atoms with Crippen LogP contribution in [0.1, 0.15) is 80.2 Å². The van der Waals surface area contributed by atoms with Crippen LogP contribution >= 0.6 is 0 Å². The Morgan fingerprint density at radius 2 is 1.45 bits per heavy atom. The third kappa shape index (κ3) is 13.5. The van der Waals surface area contributed by atoms with Crippen LogP contribution in [-0.4, -0.2) is 30.1 Å². The van der Waals surface area contributed by atoms with Gasteiger partial charge in [0.05, 0.1) is 17.9 Å². The molecule has 1 amide bonds. The van der Waals surface area contributed by atoms with Gasteiger partial charge in [-0.1, -0.05) is 58.0 Å². The first kappa shape index (κ1) is 30.8. The van der Waals surface area contributed by atoms with Crippen molar-refractivity contribution in [2.75, 3.05) is 7.11 Å². The van der Waals surface area contributed by atoms with Gasteiger partial charge in [0.15, 0.2) is 0 Å². The van der Waals surface area contributed by atoms with E-state index in [2.05, 4.69) is 10.1 Å². The van der Waals surface area contributed by atoms with Gasteiger partial charge in [-0.3, -0.25) is 14.4 Å². The third-order valence-corrected chi connectivity index (χ3v) is 5.45. The zero-order valence-corrected chi connectivity index (χ0v) is 20.9. The van der Waals surface area contributed by atoms with Crippen LogP contribution in [0.5, 0.6) is 0 Å². The maximum atomic E-state index is 11.4. The van der Waals surface area contributed by atoms with E-state index in [4.69, 9.17) is 5.11 Å². The fraction of sp³-hybridized carbons (Fsp3) is 0.640. The molecule has 0 saturated heterocycles. The average molecular weight is 438 g/mol. The predicted molar refractivity (Wildman–Crippen MR) is 126 cm³/mol. The van der Waals surface area contributed by atoms with Gasteiger partial charge in [0.1, 0.15) is 0 Å². The number of carbonyl (C=O) groups is 3. The van der Waals surface area contributed by atoms with Crippen LogP contribution in [0, 0.1) is 16.7 Å². The summed E-state index contributed by atoms with van der Waals surface area (Å²) in [6.07, 6.45) is 2.39. The largest absolute Gasteiger partial charge is 0.481 e. The average Bonchev–Trinajstić information content (AvgIpc) is 2.77. The summed E-state index contributed by atoms with van der Waals surface area (Å²) in [6, 6.07) is 9.95. The Kier molecular flexibility index (Phi) is 15.3. The van der Waals surface area contributed by atoms with Gasteiger partial charge in [-0.05, 0) is 52.5 Å². The molecule has 6 nitrogen and oxygen atoms in total. The first-order valence-corrected chi connectivity index (χ1v) is 10.9. The first-order valence-electron chi connectivity index (χ1n) is 10.9. The van der Waals surface area contributed by atoms with E-state index in [0.29, 0.717) is 13.0 Å². The summed E-state index contributed by atoms with van der Waals surface area (Å²) in [7, 11) is 1.42. The lowest BCUT2D eigenvalue weighted by Crippen LogP contribution is -2.28. The number of nitrogens with one attached hydrogen (secondary N) is 1. The number of methoxy groups -OCH3 is 1. The number of aliphatic carboxylic acids is 1. The van der Waals surface area contributed by atoms with E-state index in [1.807, 2.05) is 71.9 Å². The first-order chi connectivity index (χ1) is 14.3. The van der Waals surface area contributed by atoms with E-state index in [1.54, 1.807) is 13.8 Å². The number of benzene rings is 1. The van der Waals surface area contributed by atoms with Crippen molar-refractivity contribution in [1.82, 2.24) is 5.32 Å². The molecular formula is C25H43NO5. The molecule has 0 saturated carbocycles. The van der Waals surface area contributed by atoms with Crippen molar-refractivity contribution >= 4 is 17.8 Å². The SMILES string of the molecule is CCC(C)(C)C(=O)O.CCC(C)(C)C(=O)OC.CCC(C)C(=O)NCc1ccccc1. The van der Waals surface area contributed by atoms with Gasteiger partial charge in [0.2, 0.25) is 5.91 Å². The quantitative estimate of drug-likeness (QED) is 0.527. The van der Waals surface area contributed by atoms with Crippen molar-refractivity contribution in [3.63, 3.8) is 0 Å². The second kappa shape index (κ2) is 15.4. The molecule has 1 atom stereocenters. The molecule has 1 rings (SSSR count). The van der Waals surface area contributed by atoms with Crippen molar-refractivity contribution in [3.05, 3.63) is 35.9 Å². The molecule has 0 aliphatic rings. The molecule has 1 aromatic carbocycles. The Bertz CT molecular complexity index is 653. The fourth-order valence-corrected chi connectivity index (χ4v) is 1.72. The Balaban J connectivity index is 0. The summed E-state index contributed by atoms with van der Waals surface area (Å²) in [4.78, 5) is 32.5. The number of hydrogen-bond acceptors (Lipinski definition) is 4. The van der Waals surface area contributed by atoms with E-state index in [0.717, 1.165) is 18.4 Å². The number of carbonyl (C=O) groups excluding carboxylic acids is 2. The number of esters is 1. The Labute approximate surface area is 188 Å². The second-order valence-corrected chi connectivity index (χ2v) is 8.78. The zero-order chi connectivity index (χ0) is 24.7. The van der Waals surface area contributed by atoms with Crippen molar-refractivity contribution in [2.45, 2.75) is 81.2 Å². The third-order valence-electron chi connectivity index (χ3n) is 5.45. The van der Waals surface area contributed by atoms with E-state index in [9.17, 15) is 14.4 Å². The van der Waals surface area contributed by atoms with Gasteiger partial charge < -0.3 is 15.2 Å². The molecule has 0 bridgehead atoms. The topological polar surface area (TPSA) is 92.7 Å². The molecule has 0 heterocycles. The number of amides is 1. The molecule has 0 aliphatic carbocycles. The summed E-state index contributed by atoms with van der Waals surface area (Å²) >= 11 is 0. The number of carboxylic acid groups (broad SMARTS) is 1. The lowest BCUT2D eigenvalue weighted by Gasteiger charge is -2.17. The van der Waals surface area contributed by atoms with Gasteiger partial charge in [-0.25, -0.2) is 0 Å². The summed E-state index contributed by atoms with van der Waals surface area (Å²) in [5.74, 6) is -0.611. The molecule has 31 heavy (non-hydrogen) atoms. The minimum absolute atomic E-state index is 0.110. The molecule has 0 radical (unpaired) electrons. The fourth-order valence-electron chi connectivity index (χ4n) is 1.72. The van der Waals surface area contributed by atoms with Gasteiger partial charge in [-0.15, -0.1) is 0 Å². The molecule has 2 N–H and O–H groups in total. The summed E-state index contributed by atoms with van der Waals surface area (Å²) in [5.41, 5.74) is 0.290. The molecule has 1 unspecified atom stereocenters. The van der Waals surface area contributed by atoms with Crippen LogP contribution in [0.25, 0.3) is 0 Å². The van der Waals surface area contributed by atoms with E-state index >= 15 is 0 Å². The molecule has 0 fully saturated rings. The van der Waals surface area contributed by atoms with Crippen LogP contribution in [-0.2, 0) is 25.7 Å². The predicted octanol–water partition coefficient (Wildman–Crippen LogP) is 5.45. The van der Waals surface area contributed by atoms with Gasteiger partial charge >= 0.3 is 11.9 Å². The van der Waals surface area contributed by atoms with Crippen molar-refractivity contribution < 1.29 is 24.2 Å². The molecule has 1 aromatic rings. The lowest BCUT2D eigenvalue weighted by molar-refractivity contribution is -0.151. The van der Waals surface area contributed by atoms with Crippen molar-refractivity contribution in [1.29, 1.82) is 0 Å². The molecule has 0 aromatic heterocycles. The number of hydrogen-bond donors (Lipinski definition) is 2. The highest BCUT2D eigenvalue weighted by Crippen LogP contribution is 2.20. The van der Waals surface area contributed by atoms with Crippen LogP contribution in [0.4, 0.5) is 0 Å². The molecular weight excluding hydrogens is 394 g/mol. The van der Waals surface area contributed by atoms with E-state index in [1.165, 1.54) is 7.11 Å². The van der Waals surface area contributed by atoms with Gasteiger partial charge in [0, 0.05) is 12.5 Å². The second-order valence-electron chi connectivity index (χ2n) is 8.78. The minimum Gasteiger partial charge on any atom is -0.481 e. The van der Waals surface area contributed by atoms with Gasteiger partial charge in [-0.2, -0.15) is 0 Å². The number of ether oxygens (including phenoxy) is 1. The molecule has 6 heteroatoms. The highest BCUT2D eigenvalue weighted by molar-refractivity contribution is 5.78. The molecule has 178 valence electrons. The Morgan fingerprint density at radius 3 is 1.74 bits per heavy atom. The molecule has 0 aliphatic heterocycles. The summed E-state index contributed by atoms with van der Waals surface area (Å²) in [5, 5.41) is 11.4. The van der Waals surface area contributed by atoms with E-state index < -0.39 is 11.4 Å². The van der Waals surface area contributed by atoms with Crippen molar-refractivity contribution in [2.24, 2.45) is 16.7 Å². The normalized spacial score (nSPS) is 11.6. The Morgan fingerprint density at radius 1 is 0.968 bits per heavy atom. The van der Waals surface area contributed by atoms with E-state index in [-0.39, 0.29) is 23.2 Å². The number of rotatable bonds is 8. The van der Waals surface area contributed by atoms with Crippen LogP contribution in [0.3, 0.4) is 0 Å². The van der Waals surface area contributed by atoms with Crippen molar-refractivity contribution in [3.8, 4) is 0 Å². The summed E-state index contributed by atoms with van der Waals surface area (Å²) in [6.45, 7) is 15.6. The standard InChI is InChI=1S/C12H17NO.C7H14O2.C6H12O2/c1-3-10(2)12(14)13-9-11-7-5-4-6-8-11;1-5-7(2,3)6(8)9-4;1-4-6(2,3)5(7)8/h4-8,10H,3,9H2,1-2H3,(H,13,14);5H2,1-4H3;4H2,1-3H3,(H,7,8). The zero-order valence-electron chi connectivity index (χ0n) is 20.9. The smallest absolute Gasteiger partial charge is 0.311 e. The maximum absolute atomic E-state index is 11.4. The van der Waals surface area contributed by atoms with Gasteiger partial charge in [0.25, 0.3) is 0 Å². The highest BCUT2D eigenvalue weighted by atomic mass is 16.5. The monoisotopic (exact) mass is 437 g/mol. The van der Waals surface area contributed by atoms with Crippen LogP contribution < -0.4 is 5.32 Å². The lowest BCUT2D eigenvalue weighted by atomic mass is 9.91. The summed E-state index contributed by atoms with van der Waals surface area (Å²) < 4.78 is 4.57. The van der Waals surface area contributed by atoms with Crippen LogP contribution in [0.15, 0.2) is 30.3 Å². The highest BCUT2D eigenvalue weighted by Gasteiger charge is 2.25. The Hall–Kier alpha value is -2.37. The van der Waals surface area contributed by atoms with Crippen LogP contribution in [0.2, 0.25) is 0 Å². The maximum Gasteiger partial charge on any atom is 0.311 e. The molecule has 0 spiro atoms. The number of carboxylic acids is 1.